The third-order valence-corrected chi connectivity index (χ3v) is 4.29. The van der Waals surface area contributed by atoms with Crippen LogP contribution in [0.5, 0.6) is 5.75 Å². The Morgan fingerprint density at radius 3 is 2.14 bits per heavy atom. The number of benzene rings is 1. The fourth-order valence-electron chi connectivity index (χ4n) is 2.76. The number of unbranched alkanes of at least 4 members (excludes halogenated alkanes) is 5. The lowest BCUT2D eigenvalue weighted by molar-refractivity contribution is 0.290. The highest BCUT2D eigenvalue weighted by molar-refractivity contribution is 5.40. The first kappa shape index (κ1) is 18.0. The van der Waals surface area contributed by atoms with Crippen molar-refractivity contribution < 1.29 is 5.11 Å². The van der Waals surface area contributed by atoms with E-state index < -0.39 is 0 Å². The average Bonchev–Trinajstić information content (AvgIpc) is 2.51. The highest BCUT2D eigenvalue weighted by Gasteiger charge is 2.09. The molecule has 0 spiro atoms. The topological polar surface area (TPSA) is 23.5 Å². The van der Waals surface area contributed by atoms with E-state index in [4.69, 9.17) is 0 Å². The van der Waals surface area contributed by atoms with Crippen LogP contribution < -0.4 is 0 Å². The number of hydrogen-bond acceptors (Lipinski definition) is 2. The van der Waals surface area contributed by atoms with Gasteiger partial charge in [0.15, 0.2) is 0 Å². The molecule has 0 aliphatic heterocycles. The Morgan fingerprint density at radius 2 is 1.48 bits per heavy atom. The molecule has 120 valence electrons. The quantitative estimate of drug-likeness (QED) is 0.571. The predicted octanol–water partition coefficient (Wildman–Crippen LogP) is 5.14. The Hall–Kier alpha value is -1.02. The van der Waals surface area contributed by atoms with Crippen molar-refractivity contribution in [2.45, 2.75) is 72.3 Å². The van der Waals surface area contributed by atoms with Gasteiger partial charge in [0.2, 0.25) is 0 Å². The van der Waals surface area contributed by atoms with Crippen molar-refractivity contribution in [1.82, 2.24) is 4.90 Å². The molecule has 0 radical (unpaired) electrons. The van der Waals surface area contributed by atoms with Gasteiger partial charge in [-0.25, -0.2) is 0 Å². The van der Waals surface area contributed by atoms with Gasteiger partial charge >= 0.3 is 0 Å². The molecule has 0 unspecified atom stereocenters. The summed E-state index contributed by atoms with van der Waals surface area (Å²) < 4.78 is 0. The summed E-state index contributed by atoms with van der Waals surface area (Å²) >= 11 is 0. The number of para-hydroxylation sites is 1. The smallest absolute Gasteiger partial charge is 0.123 e. The maximum Gasteiger partial charge on any atom is 0.123 e. The molecule has 2 heteroatoms. The van der Waals surface area contributed by atoms with E-state index in [1.54, 1.807) is 0 Å². The molecule has 1 aromatic carbocycles. The van der Waals surface area contributed by atoms with E-state index in [0.717, 1.165) is 37.2 Å². The normalized spacial score (nSPS) is 11.2. The van der Waals surface area contributed by atoms with Gasteiger partial charge < -0.3 is 5.11 Å². The van der Waals surface area contributed by atoms with Crippen LogP contribution >= 0.6 is 0 Å². The average molecular weight is 291 g/mol. The third kappa shape index (κ3) is 6.52. The Labute approximate surface area is 131 Å². The summed E-state index contributed by atoms with van der Waals surface area (Å²) in [4.78, 5) is 2.34. The molecule has 0 heterocycles. The van der Waals surface area contributed by atoms with Crippen molar-refractivity contribution >= 4 is 0 Å². The van der Waals surface area contributed by atoms with Gasteiger partial charge in [0, 0.05) is 12.1 Å². The molecule has 0 amide bonds. The number of phenolic OH excluding ortho intramolecular Hbond substituents is 1. The summed E-state index contributed by atoms with van der Waals surface area (Å²) in [7, 11) is 0. The molecule has 0 aliphatic carbocycles. The number of phenols is 1. The zero-order valence-corrected chi connectivity index (χ0v) is 14.2. The Kier molecular flexibility index (Phi) is 9.16. The van der Waals surface area contributed by atoms with Gasteiger partial charge in [-0.1, -0.05) is 71.1 Å². The lowest BCUT2D eigenvalue weighted by Crippen LogP contribution is -2.22. The fourth-order valence-corrected chi connectivity index (χ4v) is 2.76. The van der Waals surface area contributed by atoms with Gasteiger partial charge in [-0.15, -0.1) is 0 Å². The zero-order valence-electron chi connectivity index (χ0n) is 14.2. The van der Waals surface area contributed by atoms with Crippen LogP contribution in [0.15, 0.2) is 18.2 Å². The molecule has 1 rings (SSSR count). The number of aryl methyl sites for hydroxylation is 1. The number of rotatable bonds is 11. The summed E-state index contributed by atoms with van der Waals surface area (Å²) in [5.74, 6) is 0.526. The van der Waals surface area contributed by atoms with Crippen LogP contribution in [0.1, 0.15) is 70.4 Å². The second-order valence-corrected chi connectivity index (χ2v) is 5.90. The molecule has 0 atom stereocenters. The molecule has 0 bridgehead atoms. The minimum Gasteiger partial charge on any atom is -0.507 e. The van der Waals surface area contributed by atoms with E-state index in [1.807, 2.05) is 0 Å². The molecular weight excluding hydrogens is 258 g/mol. The van der Waals surface area contributed by atoms with Crippen molar-refractivity contribution in [1.29, 1.82) is 0 Å². The summed E-state index contributed by atoms with van der Waals surface area (Å²) in [5.41, 5.74) is 2.19. The minimum atomic E-state index is 0.526. The number of hydrogen-bond donors (Lipinski definition) is 1. The van der Waals surface area contributed by atoms with Gasteiger partial charge in [-0.2, -0.15) is 0 Å². The van der Waals surface area contributed by atoms with Crippen LogP contribution in [0.4, 0.5) is 0 Å². The highest BCUT2D eigenvalue weighted by Crippen LogP contribution is 2.25. The van der Waals surface area contributed by atoms with Crippen LogP contribution in [-0.4, -0.2) is 23.1 Å². The first-order valence-corrected chi connectivity index (χ1v) is 8.74. The molecule has 0 aromatic heterocycles. The monoisotopic (exact) mass is 291 g/mol. The lowest BCUT2D eigenvalue weighted by atomic mass is 10.0. The second kappa shape index (κ2) is 10.7. The van der Waals surface area contributed by atoms with Gasteiger partial charge in [-0.05, 0) is 31.5 Å². The largest absolute Gasteiger partial charge is 0.507 e. The number of aromatic hydroxyl groups is 1. The molecule has 0 aliphatic rings. The SMILES string of the molecule is CCCCCCCCc1cccc(CN(CC)CC)c1O. The Bertz CT molecular complexity index is 385. The predicted molar refractivity (Wildman–Crippen MR) is 91.8 cm³/mol. The molecule has 1 aromatic rings. The summed E-state index contributed by atoms with van der Waals surface area (Å²) in [6.07, 6.45) is 8.80. The van der Waals surface area contributed by atoms with Crippen molar-refractivity contribution in [2.24, 2.45) is 0 Å². The van der Waals surface area contributed by atoms with E-state index >= 15 is 0 Å². The van der Waals surface area contributed by atoms with E-state index in [2.05, 4.69) is 43.9 Å². The van der Waals surface area contributed by atoms with Crippen molar-refractivity contribution in [3.05, 3.63) is 29.3 Å². The minimum absolute atomic E-state index is 0.526. The fraction of sp³-hybridized carbons (Fsp3) is 0.684. The van der Waals surface area contributed by atoms with Crippen molar-refractivity contribution in [3.8, 4) is 5.75 Å². The highest BCUT2D eigenvalue weighted by atomic mass is 16.3. The lowest BCUT2D eigenvalue weighted by Gasteiger charge is -2.19. The first-order valence-electron chi connectivity index (χ1n) is 8.74. The van der Waals surface area contributed by atoms with Crippen LogP contribution in [0.3, 0.4) is 0 Å². The molecule has 0 fully saturated rings. The maximum absolute atomic E-state index is 10.4. The van der Waals surface area contributed by atoms with Gasteiger partial charge in [0.1, 0.15) is 5.75 Å². The van der Waals surface area contributed by atoms with Crippen molar-refractivity contribution in [3.63, 3.8) is 0 Å². The van der Waals surface area contributed by atoms with Gasteiger partial charge in [-0.3, -0.25) is 4.90 Å². The summed E-state index contributed by atoms with van der Waals surface area (Å²) in [5, 5.41) is 10.4. The van der Waals surface area contributed by atoms with Crippen LogP contribution in [0.25, 0.3) is 0 Å². The maximum atomic E-state index is 10.4. The summed E-state index contributed by atoms with van der Waals surface area (Å²) in [6.45, 7) is 9.49. The van der Waals surface area contributed by atoms with Gasteiger partial charge in [0.05, 0.1) is 0 Å². The van der Waals surface area contributed by atoms with E-state index in [0.29, 0.717) is 5.75 Å². The molecule has 1 N–H and O–H groups in total. The zero-order chi connectivity index (χ0) is 15.5. The van der Waals surface area contributed by atoms with E-state index in [9.17, 15) is 5.11 Å². The summed E-state index contributed by atoms with van der Waals surface area (Å²) in [6, 6.07) is 6.22. The molecular formula is C19H33NO. The Balaban J connectivity index is 2.48. The van der Waals surface area contributed by atoms with Crippen LogP contribution in [0.2, 0.25) is 0 Å². The van der Waals surface area contributed by atoms with Crippen molar-refractivity contribution in [2.75, 3.05) is 13.1 Å². The standard InChI is InChI=1S/C19H33NO/c1-4-7-8-9-10-11-13-17-14-12-15-18(19(17)21)16-20(5-2)6-3/h12,14-15,21H,4-11,13,16H2,1-3H3. The van der Waals surface area contributed by atoms with E-state index in [1.165, 1.54) is 38.5 Å². The van der Waals surface area contributed by atoms with Crippen LogP contribution in [-0.2, 0) is 13.0 Å². The molecule has 21 heavy (non-hydrogen) atoms. The molecule has 0 saturated heterocycles. The number of nitrogens with zero attached hydrogens (tertiary/aromatic N) is 1. The first-order chi connectivity index (χ1) is 10.2. The third-order valence-electron chi connectivity index (χ3n) is 4.29. The second-order valence-electron chi connectivity index (χ2n) is 5.90. The molecule has 0 saturated carbocycles. The van der Waals surface area contributed by atoms with Crippen LogP contribution in [0, 0.1) is 0 Å². The van der Waals surface area contributed by atoms with Gasteiger partial charge in [0.25, 0.3) is 0 Å². The van der Waals surface area contributed by atoms with E-state index in [-0.39, 0.29) is 0 Å². The molecule has 2 nitrogen and oxygen atoms in total. The Morgan fingerprint density at radius 1 is 0.857 bits per heavy atom.